The molecule has 1 fully saturated rings. The van der Waals surface area contributed by atoms with Gasteiger partial charge in [-0.25, -0.2) is 4.79 Å². The molecule has 0 saturated carbocycles. The molecule has 0 aromatic rings. The highest BCUT2D eigenvalue weighted by Crippen LogP contribution is 2.20. The molecule has 8 nitrogen and oxygen atoms in total. The van der Waals surface area contributed by atoms with Crippen molar-refractivity contribution >= 4 is 23.8 Å². The number of nitrogens with zero attached hydrogens (tertiary/aromatic N) is 2. The monoisotopic (exact) mass is 384 g/mol. The standard InChI is InChI=1S/C19H32N2O6/c1-6-26-17(24)9-12-21(16(23)13-14(2)22)15-7-10-20(11-8-15)18(25)27-19(3,4)5/h15H,6-13H2,1-5H3. The van der Waals surface area contributed by atoms with Crippen LogP contribution >= 0.6 is 0 Å². The van der Waals surface area contributed by atoms with Crippen molar-refractivity contribution in [2.24, 2.45) is 0 Å². The molecule has 1 saturated heterocycles. The van der Waals surface area contributed by atoms with Gasteiger partial charge in [-0.1, -0.05) is 0 Å². The fraction of sp³-hybridized carbons (Fsp3) is 0.789. The van der Waals surface area contributed by atoms with Crippen LogP contribution in [0.2, 0.25) is 0 Å². The molecule has 1 aliphatic heterocycles. The Kier molecular flexibility index (Phi) is 8.72. The minimum atomic E-state index is -0.558. The largest absolute Gasteiger partial charge is 0.466 e. The fourth-order valence-corrected chi connectivity index (χ4v) is 2.96. The Bertz CT molecular complexity index is 547. The highest BCUT2D eigenvalue weighted by atomic mass is 16.6. The molecule has 0 bridgehead atoms. The van der Waals surface area contributed by atoms with Crippen LogP contribution in [0.15, 0.2) is 0 Å². The molecule has 0 aromatic heterocycles. The highest BCUT2D eigenvalue weighted by Gasteiger charge is 2.32. The lowest BCUT2D eigenvalue weighted by atomic mass is 10.0. The third-order valence-corrected chi connectivity index (χ3v) is 4.14. The first-order chi connectivity index (χ1) is 12.5. The number of amides is 2. The summed E-state index contributed by atoms with van der Waals surface area (Å²) >= 11 is 0. The second-order valence-electron chi connectivity index (χ2n) is 7.72. The molecule has 1 heterocycles. The van der Waals surface area contributed by atoms with Gasteiger partial charge in [-0.3, -0.25) is 14.4 Å². The summed E-state index contributed by atoms with van der Waals surface area (Å²) in [5.74, 6) is -0.876. The second kappa shape index (κ2) is 10.3. The summed E-state index contributed by atoms with van der Waals surface area (Å²) in [5.41, 5.74) is -0.558. The van der Waals surface area contributed by atoms with Gasteiger partial charge in [0, 0.05) is 25.7 Å². The van der Waals surface area contributed by atoms with Crippen LogP contribution in [0.5, 0.6) is 0 Å². The number of ether oxygens (including phenoxy) is 2. The Balaban J connectivity index is 2.68. The molecule has 0 spiro atoms. The molecule has 0 aromatic carbocycles. The summed E-state index contributed by atoms with van der Waals surface area (Å²) in [4.78, 5) is 50.9. The van der Waals surface area contributed by atoms with Crippen LogP contribution in [-0.2, 0) is 23.9 Å². The topological polar surface area (TPSA) is 93.2 Å². The van der Waals surface area contributed by atoms with E-state index in [1.54, 1.807) is 16.7 Å². The minimum Gasteiger partial charge on any atom is -0.466 e. The number of hydrogen-bond donors (Lipinski definition) is 0. The lowest BCUT2D eigenvalue weighted by molar-refractivity contribution is -0.144. The average Bonchev–Trinajstić information content (AvgIpc) is 2.53. The predicted octanol–water partition coefficient (Wildman–Crippen LogP) is 2.15. The van der Waals surface area contributed by atoms with E-state index in [0.29, 0.717) is 25.9 Å². The van der Waals surface area contributed by atoms with Gasteiger partial charge < -0.3 is 19.3 Å². The van der Waals surface area contributed by atoms with Crippen LogP contribution in [-0.4, -0.2) is 71.4 Å². The van der Waals surface area contributed by atoms with Crippen molar-refractivity contribution in [3.05, 3.63) is 0 Å². The lowest BCUT2D eigenvalue weighted by Gasteiger charge is -2.38. The number of hydrogen-bond acceptors (Lipinski definition) is 6. The second-order valence-corrected chi connectivity index (χ2v) is 7.72. The number of carbonyl (C=O) groups excluding carboxylic acids is 4. The fourth-order valence-electron chi connectivity index (χ4n) is 2.96. The van der Waals surface area contributed by atoms with E-state index >= 15 is 0 Å². The zero-order valence-corrected chi connectivity index (χ0v) is 17.1. The van der Waals surface area contributed by atoms with Gasteiger partial charge in [-0.05, 0) is 47.5 Å². The van der Waals surface area contributed by atoms with Gasteiger partial charge in [-0.2, -0.15) is 0 Å². The molecular formula is C19H32N2O6. The molecule has 2 amide bonds. The SMILES string of the molecule is CCOC(=O)CCN(C(=O)CC(C)=O)C1CCN(C(=O)OC(C)(C)C)CC1. The Hall–Kier alpha value is -2.12. The van der Waals surface area contributed by atoms with Crippen LogP contribution in [0, 0.1) is 0 Å². The number of rotatable bonds is 7. The lowest BCUT2D eigenvalue weighted by Crippen LogP contribution is -2.50. The zero-order chi connectivity index (χ0) is 20.6. The van der Waals surface area contributed by atoms with Crippen LogP contribution in [0.3, 0.4) is 0 Å². The molecule has 0 radical (unpaired) electrons. The van der Waals surface area contributed by atoms with Crippen LogP contribution in [0.25, 0.3) is 0 Å². The van der Waals surface area contributed by atoms with Crippen molar-refractivity contribution in [2.45, 2.75) is 71.9 Å². The maximum Gasteiger partial charge on any atom is 0.410 e. The molecular weight excluding hydrogens is 352 g/mol. The summed E-state index contributed by atoms with van der Waals surface area (Å²) in [6.45, 7) is 9.96. The molecule has 1 rings (SSSR count). The van der Waals surface area contributed by atoms with E-state index in [2.05, 4.69) is 0 Å². The number of esters is 1. The number of piperidine rings is 1. The summed E-state index contributed by atoms with van der Waals surface area (Å²) in [6.07, 6.45) is 0.685. The Morgan fingerprint density at radius 3 is 2.19 bits per heavy atom. The smallest absolute Gasteiger partial charge is 0.410 e. The summed E-state index contributed by atoms with van der Waals surface area (Å²) in [5, 5.41) is 0. The number of likely N-dealkylation sites (tertiary alicyclic amines) is 1. The summed E-state index contributed by atoms with van der Waals surface area (Å²) in [6, 6.07) is -0.120. The van der Waals surface area contributed by atoms with Crippen molar-refractivity contribution in [1.29, 1.82) is 0 Å². The van der Waals surface area contributed by atoms with Crippen molar-refractivity contribution in [1.82, 2.24) is 9.80 Å². The highest BCUT2D eigenvalue weighted by molar-refractivity contribution is 5.97. The van der Waals surface area contributed by atoms with E-state index in [9.17, 15) is 19.2 Å². The first-order valence-corrected chi connectivity index (χ1v) is 9.46. The Morgan fingerprint density at radius 2 is 1.70 bits per heavy atom. The molecule has 1 aliphatic rings. The minimum absolute atomic E-state index is 0.0871. The molecule has 8 heteroatoms. The predicted molar refractivity (Wildman–Crippen MR) is 99.1 cm³/mol. The Morgan fingerprint density at radius 1 is 1.11 bits per heavy atom. The molecule has 27 heavy (non-hydrogen) atoms. The maximum atomic E-state index is 12.5. The third-order valence-electron chi connectivity index (χ3n) is 4.14. The van der Waals surface area contributed by atoms with E-state index in [0.717, 1.165) is 0 Å². The van der Waals surface area contributed by atoms with E-state index in [1.165, 1.54) is 6.92 Å². The van der Waals surface area contributed by atoms with E-state index < -0.39 is 5.60 Å². The van der Waals surface area contributed by atoms with E-state index in [1.807, 2.05) is 20.8 Å². The number of ketones is 1. The van der Waals surface area contributed by atoms with E-state index in [4.69, 9.17) is 9.47 Å². The maximum absolute atomic E-state index is 12.5. The molecule has 0 N–H and O–H groups in total. The van der Waals surface area contributed by atoms with Gasteiger partial charge in [0.15, 0.2) is 0 Å². The Labute approximate surface area is 161 Å². The first-order valence-electron chi connectivity index (χ1n) is 9.46. The number of Topliss-reactive ketones (excluding diaryl/α,β-unsaturated/α-hetero) is 1. The van der Waals surface area contributed by atoms with Crippen LogP contribution < -0.4 is 0 Å². The van der Waals surface area contributed by atoms with Crippen molar-refractivity contribution < 1.29 is 28.7 Å². The normalized spacial score (nSPS) is 15.2. The van der Waals surface area contributed by atoms with Gasteiger partial charge in [-0.15, -0.1) is 0 Å². The van der Waals surface area contributed by atoms with Gasteiger partial charge in [0.2, 0.25) is 5.91 Å². The molecule has 0 unspecified atom stereocenters. The van der Waals surface area contributed by atoms with E-state index in [-0.39, 0.29) is 55.8 Å². The van der Waals surface area contributed by atoms with Crippen molar-refractivity contribution in [3.8, 4) is 0 Å². The van der Waals surface area contributed by atoms with Gasteiger partial charge in [0.1, 0.15) is 11.4 Å². The molecule has 0 aliphatic carbocycles. The summed E-state index contributed by atoms with van der Waals surface area (Å²) < 4.78 is 10.3. The van der Waals surface area contributed by atoms with Crippen molar-refractivity contribution in [2.75, 3.05) is 26.2 Å². The average molecular weight is 384 g/mol. The van der Waals surface area contributed by atoms with Crippen LogP contribution in [0.4, 0.5) is 4.79 Å². The molecule has 154 valence electrons. The third kappa shape index (κ3) is 8.41. The van der Waals surface area contributed by atoms with Gasteiger partial charge >= 0.3 is 12.1 Å². The zero-order valence-electron chi connectivity index (χ0n) is 17.1. The quantitative estimate of drug-likeness (QED) is 0.493. The van der Waals surface area contributed by atoms with Crippen LogP contribution in [0.1, 0.15) is 60.3 Å². The number of carbonyl (C=O) groups is 4. The van der Waals surface area contributed by atoms with Gasteiger partial charge in [0.25, 0.3) is 0 Å². The first kappa shape index (κ1) is 22.9. The van der Waals surface area contributed by atoms with Gasteiger partial charge in [0.05, 0.1) is 19.4 Å². The molecule has 0 atom stereocenters. The van der Waals surface area contributed by atoms with Crippen molar-refractivity contribution in [3.63, 3.8) is 0 Å². The summed E-state index contributed by atoms with van der Waals surface area (Å²) in [7, 11) is 0.